The summed E-state index contributed by atoms with van der Waals surface area (Å²) in [6, 6.07) is 17.4. The summed E-state index contributed by atoms with van der Waals surface area (Å²) in [4.78, 5) is 24.1. The standard InChI is InChI=1S/C19H22N2O.C4H4O4/c1-20-10-12-21(13-11-20)17-14-15-6-2-4-8-18(15)22-19-9-5-3-7-16(17)19;5-3(6)1-2-4(7)8/h2-9,17H,10-14H2,1H3;1-2H,(H,5,6)(H,7,8)/b;2-1-. The normalized spacial score (nSPS) is 18.9. The highest BCUT2D eigenvalue weighted by molar-refractivity contribution is 5.89. The zero-order valence-corrected chi connectivity index (χ0v) is 16.9. The molecule has 1 atom stereocenters. The Morgan fingerprint density at radius 3 is 2.10 bits per heavy atom. The van der Waals surface area contributed by atoms with E-state index in [0.29, 0.717) is 18.2 Å². The molecule has 0 radical (unpaired) electrons. The number of aliphatic carboxylic acids is 2. The zero-order valence-electron chi connectivity index (χ0n) is 16.9. The van der Waals surface area contributed by atoms with Crippen molar-refractivity contribution in [3.05, 3.63) is 71.8 Å². The van der Waals surface area contributed by atoms with Gasteiger partial charge < -0.3 is 19.8 Å². The van der Waals surface area contributed by atoms with Crippen LogP contribution in [0.5, 0.6) is 11.5 Å². The summed E-state index contributed by atoms with van der Waals surface area (Å²) in [6.45, 7) is 4.53. The summed E-state index contributed by atoms with van der Waals surface area (Å²) in [5.74, 6) is -0.497. The number of carboxylic acids is 2. The van der Waals surface area contributed by atoms with E-state index in [1.807, 2.05) is 0 Å². The van der Waals surface area contributed by atoms with Crippen molar-refractivity contribution >= 4 is 11.9 Å². The molecular formula is C23H26N2O5. The number of nitrogens with zero attached hydrogens (tertiary/aromatic N) is 2. The number of likely N-dealkylation sites (N-methyl/N-ethyl adjacent to an activating group) is 1. The first-order chi connectivity index (χ1) is 14.4. The van der Waals surface area contributed by atoms with E-state index in [1.54, 1.807) is 0 Å². The number of benzene rings is 2. The molecule has 0 spiro atoms. The first kappa shape index (κ1) is 21.5. The van der Waals surface area contributed by atoms with E-state index < -0.39 is 11.9 Å². The molecule has 0 bridgehead atoms. The van der Waals surface area contributed by atoms with E-state index in [2.05, 4.69) is 65.4 Å². The molecular weight excluding hydrogens is 384 g/mol. The number of rotatable bonds is 3. The lowest BCUT2D eigenvalue weighted by atomic mass is 9.96. The van der Waals surface area contributed by atoms with E-state index in [4.69, 9.17) is 14.9 Å². The van der Waals surface area contributed by atoms with Gasteiger partial charge in [0.15, 0.2) is 0 Å². The van der Waals surface area contributed by atoms with Crippen molar-refractivity contribution in [1.82, 2.24) is 9.80 Å². The Kier molecular flexibility index (Phi) is 7.21. The summed E-state index contributed by atoms with van der Waals surface area (Å²) in [5, 5.41) is 15.6. The van der Waals surface area contributed by atoms with E-state index in [-0.39, 0.29) is 0 Å². The average molecular weight is 410 g/mol. The minimum absolute atomic E-state index is 0.411. The number of para-hydroxylation sites is 2. The van der Waals surface area contributed by atoms with Crippen LogP contribution < -0.4 is 4.74 Å². The Morgan fingerprint density at radius 2 is 1.47 bits per heavy atom. The van der Waals surface area contributed by atoms with E-state index in [9.17, 15) is 9.59 Å². The molecule has 2 N–H and O–H groups in total. The number of hydrogen-bond donors (Lipinski definition) is 2. The summed E-state index contributed by atoms with van der Waals surface area (Å²) in [6.07, 6.45) is 2.14. The van der Waals surface area contributed by atoms with Crippen LogP contribution in [-0.4, -0.2) is 65.2 Å². The molecule has 0 aromatic heterocycles. The highest BCUT2D eigenvalue weighted by atomic mass is 16.5. The lowest BCUT2D eigenvalue weighted by molar-refractivity contribution is -0.134. The Bertz CT molecular complexity index is 903. The van der Waals surface area contributed by atoms with Gasteiger partial charge in [0.05, 0.1) is 0 Å². The zero-order chi connectivity index (χ0) is 21.5. The molecule has 158 valence electrons. The predicted molar refractivity (Wildman–Crippen MR) is 113 cm³/mol. The van der Waals surface area contributed by atoms with Crippen LogP contribution in [0.2, 0.25) is 0 Å². The van der Waals surface area contributed by atoms with E-state index in [1.165, 1.54) is 11.1 Å². The first-order valence-electron chi connectivity index (χ1n) is 9.85. The molecule has 2 aliphatic rings. The Morgan fingerprint density at radius 1 is 0.900 bits per heavy atom. The molecule has 1 saturated heterocycles. The van der Waals surface area contributed by atoms with Crippen molar-refractivity contribution in [3.63, 3.8) is 0 Å². The Balaban J connectivity index is 0.000000275. The number of carbonyl (C=O) groups is 2. The van der Waals surface area contributed by atoms with Gasteiger partial charge in [0.2, 0.25) is 0 Å². The van der Waals surface area contributed by atoms with Crippen molar-refractivity contribution in [1.29, 1.82) is 0 Å². The minimum Gasteiger partial charge on any atom is -0.478 e. The SMILES string of the molecule is CN1CCN(C2Cc3ccccc3Oc3ccccc32)CC1.O=C(O)/C=C\C(=O)O. The van der Waals surface area contributed by atoms with Gasteiger partial charge in [0.1, 0.15) is 11.5 Å². The fraction of sp³-hybridized carbons (Fsp3) is 0.304. The fourth-order valence-corrected chi connectivity index (χ4v) is 3.66. The van der Waals surface area contributed by atoms with Crippen LogP contribution in [0, 0.1) is 0 Å². The third-order valence-electron chi connectivity index (χ3n) is 5.23. The van der Waals surface area contributed by atoms with Gasteiger partial charge in [0, 0.05) is 49.9 Å². The van der Waals surface area contributed by atoms with Gasteiger partial charge in [-0.15, -0.1) is 0 Å². The van der Waals surface area contributed by atoms with Gasteiger partial charge in [-0.25, -0.2) is 9.59 Å². The number of fused-ring (bicyclic) bond motifs is 2. The summed E-state index contributed by atoms with van der Waals surface area (Å²) in [7, 11) is 2.21. The lowest BCUT2D eigenvalue weighted by Crippen LogP contribution is -2.46. The molecule has 4 rings (SSSR count). The highest BCUT2D eigenvalue weighted by Crippen LogP contribution is 2.40. The summed E-state index contributed by atoms with van der Waals surface area (Å²) in [5.41, 5.74) is 2.63. The topological polar surface area (TPSA) is 90.3 Å². The third-order valence-corrected chi connectivity index (χ3v) is 5.23. The molecule has 2 aliphatic heterocycles. The maximum absolute atomic E-state index is 9.55. The molecule has 1 unspecified atom stereocenters. The van der Waals surface area contributed by atoms with Crippen molar-refractivity contribution in [2.45, 2.75) is 12.5 Å². The van der Waals surface area contributed by atoms with Crippen LogP contribution in [0.4, 0.5) is 0 Å². The van der Waals surface area contributed by atoms with E-state index in [0.717, 1.165) is 44.1 Å². The van der Waals surface area contributed by atoms with Crippen LogP contribution in [-0.2, 0) is 16.0 Å². The fourth-order valence-electron chi connectivity index (χ4n) is 3.66. The summed E-state index contributed by atoms with van der Waals surface area (Å²) >= 11 is 0. The smallest absolute Gasteiger partial charge is 0.328 e. The van der Waals surface area contributed by atoms with Crippen molar-refractivity contribution in [2.75, 3.05) is 33.2 Å². The number of hydrogen-bond acceptors (Lipinski definition) is 5. The average Bonchev–Trinajstić information content (AvgIpc) is 2.90. The molecule has 1 fully saturated rings. The second-order valence-electron chi connectivity index (χ2n) is 7.32. The van der Waals surface area contributed by atoms with Crippen LogP contribution in [0.15, 0.2) is 60.7 Å². The van der Waals surface area contributed by atoms with Gasteiger partial charge in [-0.05, 0) is 31.2 Å². The molecule has 0 saturated carbocycles. The molecule has 7 nitrogen and oxygen atoms in total. The minimum atomic E-state index is -1.26. The second kappa shape index (κ2) is 10.0. The van der Waals surface area contributed by atoms with Crippen molar-refractivity contribution in [3.8, 4) is 11.5 Å². The first-order valence-corrected chi connectivity index (χ1v) is 9.85. The van der Waals surface area contributed by atoms with Crippen molar-refractivity contribution in [2.24, 2.45) is 0 Å². The maximum atomic E-state index is 9.55. The van der Waals surface area contributed by atoms with Gasteiger partial charge in [-0.3, -0.25) is 4.90 Å². The largest absolute Gasteiger partial charge is 0.478 e. The number of piperazine rings is 1. The molecule has 0 amide bonds. The predicted octanol–water partition coefficient (Wildman–Crippen LogP) is 3.04. The number of ether oxygens (including phenoxy) is 1. The van der Waals surface area contributed by atoms with Crippen molar-refractivity contribution < 1.29 is 24.5 Å². The lowest BCUT2D eigenvalue weighted by Gasteiger charge is -2.38. The Hall–Kier alpha value is -3.16. The van der Waals surface area contributed by atoms with Gasteiger partial charge in [-0.1, -0.05) is 36.4 Å². The van der Waals surface area contributed by atoms with E-state index >= 15 is 0 Å². The van der Waals surface area contributed by atoms with Crippen LogP contribution in [0.3, 0.4) is 0 Å². The molecule has 30 heavy (non-hydrogen) atoms. The third kappa shape index (κ3) is 5.68. The van der Waals surface area contributed by atoms with Gasteiger partial charge >= 0.3 is 11.9 Å². The molecule has 2 heterocycles. The quantitative estimate of drug-likeness (QED) is 0.752. The summed E-state index contributed by atoms with van der Waals surface area (Å²) < 4.78 is 6.21. The Labute approximate surface area is 175 Å². The monoisotopic (exact) mass is 410 g/mol. The molecule has 2 aromatic rings. The van der Waals surface area contributed by atoms with Gasteiger partial charge in [0.25, 0.3) is 0 Å². The van der Waals surface area contributed by atoms with Crippen LogP contribution in [0.25, 0.3) is 0 Å². The van der Waals surface area contributed by atoms with Crippen LogP contribution in [0.1, 0.15) is 17.2 Å². The highest BCUT2D eigenvalue weighted by Gasteiger charge is 2.29. The number of carboxylic acid groups (broad SMARTS) is 2. The maximum Gasteiger partial charge on any atom is 0.328 e. The molecule has 7 heteroatoms. The van der Waals surface area contributed by atoms with Crippen LogP contribution >= 0.6 is 0 Å². The van der Waals surface area contributed by atoms with Gasteiger partial charge in [-0.2, -0.15) is 0 Å². The second-order valence-corrected chi connectivity index (χ2v) is 7.32. The molecule has 2 aromatic carbocycles. The molecule has 0 aliphatic carbocycles.